The maximum absolute atomic E-state index is 5.28. The van der Waals surface area contributed by atoms with Crippen LogP contribution in [0.1, 0.15) is 16.8 Å². The van der Waals surface area contributed by atoms with Gasteiger partial charge in [0, 0.05) is 68.6 Å². The average Bonchev–Trinajstić information content (AvgIpc) is 3.41. The largest absolute Gasteiger partial charge is 0.383 e. The van der Waals surface area contributed by atoms with Crippen LogP contribution in [0.5, 0.6) is 0 Å². The quantitative estimate of drug-likeness (QED) is 0.479. The van der Waals surface area contributed by atoms with Crippen molar-refractivity contribution < 1.29 is 4.74 Å². The summed E-state index contributed by atoms with van der Waals surface area (Å²) in [6, 6.07) is 12.8. The Balaban J connectivity index is 1.36. The monoisotopic (exact) mass is 404 g/mol. The van der Waals surface area contributed by atoms with Crippen LogP contribution in [0, 0.1) is 0 Å². The molecule has 4 aromatic rings. The Morgan fingerprint density at radius 2 is 2.10 bits per heavy atom. The SMILES string of the molecule is COCCn1cc(CN2CCc3nc(-c4cccs4)ncc3C2)c2ccccc21. The van der Waals surface area contributed by atoms with Crippen molar-refractivity contribution >= 4 is 22.2 Å². The van der Waals surface area contributed by atoms with Gasteiger partial charge in [0.15, 0.2) is 5.82 Å². The minimum atomic E-state index is 0.721. The number of benzene rings is 1. The van der Waals surface area contributed by atoms with E-state index in [1.165, 1.54) is 27.7 Å². The second-order valence-corrected chi connectivity index (χ2v) is 8.41. The molecule has 1 aromatic carbocycles. The fourth-order valence-corrected chi connectivity index (χ4v) is 4.76. The van der Waals surface area contributed by atoms with Crippen molar-refractivity contribution in [3.05, 3.63) is 71.0 Å². The number of para-hydroxylation sites is 1. The predicted molar refractivity (Wildman–Crippen MR) is 117 cm³/mol. The van der Waals surface area contributed by atoms with Crippen LogP contribution in [0.4, 0.5) is 0 Å². The summed E-state index contributed by atoms with van der Waals surface area (Å²) in [5.41, 5.74) is 5.10. The number of aromatic nitrogens is 3. The number of rotatable bonds is 6. The van der Waals surface area contributed by atoms with Gasteiger partial charge >= 0.3 is 0 Å². The molecule has 0 fully saturated rings. The van der Waals surface area contributed by atoms with E-state index in [1.807, 2.05) is 12.3 Å². The Morgan fingerprint density at radius 1 is 1.17 bits per heavy atom. The molecule has 0 atom stereocenters. The third kappa shape index (κ3) is 3.71. The molecule has 148 valence electrons. The highest BCUT2D eigenvalue weighted by Gasteiger charge is 2.20. The van der Waals surface area contributed by atoms with E-state index in [4.69, 9.17) is 9.72 Å². The molecule has 29 heavy (non-hydrogen) atoms. The van der Waals surface area contributed by atoms with Gasteiger partial charge in [0.25, 0.3) is 0 Å². The third-order valence-corrected chi connectivity index (χ3v) is 6.42. The van der Waals surface area contributed by atoms with Crippen molar-refractivity contribution in [2.24, 2.45) is 0 Å². The third-order valence-electron chi connectivity index (χ3n) is 5.56. The zero-order valence-corrected chi connectivity index (χ0v) is 17.4. The zero-order valence-electron chi connectivity index (χ0n) is 16.5. The van der Waals surface area contributed by atoms with Gasteiger partial charge in [-0.15, -0.1) is 11.3 Å². The molecule has 0 bridgehead atoms. The molecule has 6 heteroatoms. The molecule has 5 nitrogen and oxygen atoms in total. The first-order valence-corrected chi connectivity index (χ1v) is 10.9. The molecule has 3 aromatic heterocycles. The number of hydrogen-bond acceptors (Lipinski definition) is 5. The summed E-state index contributed by atoms with van der Waals surface area (Å²) < 4.78 is 7.59. The lowest BCUT2D eigenvalue weighted by atomic mass is 10.1. The number of thiophene rings is 1. The smallest absolute Gasteiger partial charge is 0.169 e. The molecule has 0 unspecified atom stereocenters. The van der Waals surface area contributed by atoms with Crippen LogP contribution < -0.4 is 0 Å². The Labute approximate surface area is 174 Å². The Kier molecular flexibility index (Phi) is 5.14. The normalized spacial score (nSPS) is 14.4. The second kappa shape index (κ2) is 8.06. The molecule has 0 amide bonds. The highest BCUT2D eigenvalue weighted by molar-refractivity contribution is 7.13. The van der Waals surface area contributed by atoms with E-state index in [1.54, 1.807) is 18.4 Å². The first kappa shape index (κ1) is 18.5. The van der Waals surface area contributed by atoms with Crippen LogP contribution in [0.2, 0.25) is 0 Å². The minimum absolute atomic E-state index is 0.721. The summed E-state index contributed by atoms with van der Waals surface area (Å²) in [4.78, 5) is 13.1. The summed E-state index contributed by atoms with van der Waals surface area (Å²) in [6.45, 7) is 4.45. The van der Waals surface area contributed by atoms with Crippen molar-refractivity contribution in [3.63, 3.8) is 0 Å². The van der Waals surface area contributed by atoms with Crippen LogP contribution in [0.3, 0.4) is 0 Å². The van der Waals surface area contributed by atoms with Gasteiger partial charge in [-0.05, 0) is 23.1 Å². The Morgan fingerprint density at radius 3 is 2.97 bits per heavy atom. The maximum Gasteiger partial charge on any atom is 0.169 e. The Bertz CT molecular complexity index is 1120. The van der Waals surface area contributed by atoms with E-state index in [-0.39, 0.29) is 0 Å². The van der Waals surface area contributed by atoms with Gasteiger partial charge < -0.3 is 9.30 Å². The summed E-state index contributed by atoms with van der Waals surface area (Å²) in [6.07, 6.45) is 5.28. The van der Waals surface area contributed by atoms with E-state index in [0.717, 1.165) is 49.9 Å². The molecule has 4 heterocycles. The summed E-state index contributed by atoms with van der Waals surface area (Å²) in [7, 11) is 1.75. The molecule has 0 saturated carbocycles. The highest BCUT2D eigenvalue weighted by Crippen LogP contribution is 2.27. The lowest BCUT2D eigenvalue weighted by Crippen LogP contribution is -2.30. The molecular formula is C23H24N4OS. The lowest BCUT2D eigenvalue weighted by molar-refractivity contribution is 0.188. The first-order valence-electron chi connectivity index (χ1n) is 9.98. The van der Waals surface area contributed by atoms with Crippen LogP contribution in [-0.2, 0) is 30.8 Å². The second-order valence-electron chi connectivity index (χ2n) is 7.46. The highest BCUT2D eigenvalue weighted by atomic mass is 32.1. The molecule has 1 aliphatic rings. The molecular weight excluding hydrogens is 380 g/mol. The number of hydrogen-bond donors (Lipinski definition) is 0. The number of fused-ring (bicyclic) bond motifs is 2. The van der Waals surface area contributed by atoms with E-state index < -0.39 is 0 Å². The Hall–Kier alpha value is -2.54. The molecule has 5 rings (SSSR count). The van der Waals surface area contributed by atoms with Gasteiger partial charge in [-0.25, -0.2) is 9.97 Å². The summed E-state index contributed by atoms with van der Waals surface area (Å²) >= 11 is 1.69. The number of methoxy groups -OCH3 is 1. The van der Waals surface area contributed by atoms with Crippen molar-refractivity contribution in [3.8, 4) is 10.7 Å². The van der Waals surface area contributed by atoms with E-state index >= 15 is 0 Å². The van der Waals surface area contributed by atoms with Crippen molar-refractivity contribution in [2.75, 3.05) is 20.3 Å². The standard InChI is InChI=1S/C23H24N4OS/c1-28-11-10-27-16-18(19-5-2-3-6-21(19)27)15-26-9-8-20-17(14-26)13-24-23(25-20)22-7-4-12-29-22/h2-7,12-13,16H,8-11,14-15H2,1H3. The van der Waals surface area contributed by atoms with Gasteiger partial charge in [-0.1, -0.05) is 24.3 Å². The van der Waals surface area contributed by atoms with Crippen molar-refractivity contribution in [1.82, 2.24) is 19.4 Å². The van der Waals surface area contributed by atoms with Crippen LogP contribution in [0.25, 0.3) is 21.6 Å². The predicted octanol–water partition coefficient (Wildman–Crippen LogP) is 4.36. The van der Waals surface area contributed by atoms with Crippen LogP contribution in [-0.4, -0.2) is 39.7 Å². The van der Waals surface area contributed by atoms with Crippen molar-refractivity contribution in [2.45, 2.75) is 26.1 Å². The maximum atomic E-state index is 5.28. The van der Waals surface area contributed by atoms with E-state index in [0.29, 0.717) is 0 Å². The summed E-state index contributed by atoms with van der Waals surface area (Å²) in [5.74, 6) is 0.855. The molecule has 0 aliphatic carbocycles. The van der Waals surface area contributed by atoms with Gasteiger partial charge in [-0.3, -0.25) is 4.90 Å². The first-order chi connectivity index (χ1) is 14.3. The number of nitrogens with zero attached hydrogens (tertiary/aromatic N) is 4. The zero-order chi connectivity index (χ0) is 19.6. The molecule has 0 radical (unpaired) electrons. The lowest BCUT2D eigenvalue weighted by Gasteiger charge is -2.27. The molecule has 0 saturated heterocycles. The van der Waals surface area contributed by atoms with E-state index in [9.17, 15) is 0 Å². The minimum Gasteiger partial charge on any atom is -0.383 e. The number of ether oxygens (including phenoxy) is 1. The molecule has 1 aliphatic heterocycles. The van der Waals surface area contributed by atoms with Crippen molar-refractivity contribution in [1.29, 1.82) is 0 Å². The van der Waals surface area contributed by atoms with Gasteiger partial charge in [0.05, 0.1) is 17.2 Å². The van der Waals surface area contributed by atoms with E-state index in [2.05, 4.69) is 56.4 Å². The van der Waals surface area contributed by atoms with Crippen LogP contribution in [0.15, 0.2) is 54.2 Å². The molecule has 0 N–H and O–H groups in total. The average molecular weight is 405 g/mol. The van der Waals surface area contributed by atoms with Gasteiger partial charge in [-0.2, -0.15) is 0 Å². The summed E-state index contributed by atoms with van der Waals surface area (Å²) in [5, 5.41) is 3.40. The fourth-order valence-electron chi connectivity index (χ4n) is 4.10. The van der Waals surface area contributed by atoms with Gasteiger partial charge in [0.1, 0.15) is 0 Å². The molecule has 0 spiro atoms. The van der Waals surface area contributed by atoms with Gasteiger partial charge in [0.2, 0.25) is 0 Å². The fraction of sp³-hybridized carbons (Fsp3) is 0.304. The topological polar surface area (TPSA) is 43.2 Å². The van der Waals surface area contributed by atoms with Crippen LogP contribution >= 0.6 is 11.3 Å².